The molecule has 0 fully saturated rings. The van der Waals surface area contributed by atoms with Crippen LogP contribution in [0.2, 0.25) is 0 Å². The van der Waals surface area contributed by atoms with Gasteiger partial charge in [0.05, 0.1) is 29.7 Å². The average molecular weight is 253 g/mol. The Kier molecular flexibility index (Phi) is 4.44. The minimum absolute atomic E-state index is 0.339. The zero-order valence-corrected chi connectivity index (χ0v) is 10.9. The molecule has 5 heteroatoms. The molecule has 2 aromatic rings. The van der Waals surface area contributed by atoms with Crippen molar-refractivity contribution in [1.29, 1.82) is 0 Å². The quantitative estimate of drug-likeness (QED) is 0.860. The third-order valence-corrected chi connectivity index (χ3v) is 3.87. The number of aromatic nitrogens is 2. The second-order valence-corrected chi connectivity index (χ2v) is 5.15. The summed E-state index contributed by atoms with van der Waals surface area (Å²) in [7, 11) is 0. The molecule has 0 spiro atoms. The Hall–Kier alpha value is -0.780. The van der Waals surface area contributed by atoms with Crippen molar-refractivity contribution in [3.05, 3.63) is 34.3 Å². The molecule has 3 nitrogen and oxygen atoms in total. The highest BCUT2D eigenvalue weighted by atomic mass is 32.1. The van der Waals surface area contributed by atoms with Crippen molar-refractivity contribution in [3.8, 4) is 0 Å². The first-order valence-electron chi connectivity index (χ1n) is 5.43. The second-order valence-electron chi connectivity index (χ2n) is 3.56. The van der Waals surface area contributed by atoms with Gasteiger partial charge in [0, 0.05) is 4.88 Å². The number of hydrogen-bond acceptors (Lipinski definition) is 5. The molecule has 1 unspecified atom stereocenters. The van der Waals surface area contributed by atoms with Gasteiger partial charge in [0.25, 0.3) is 0 Å². The van der Waals surface area contributed by atoms with Crippen molar-refractivity contribution in [2.24, 2.45) is 0 Å². The third-order valence-electron chi connectivity index (χ3n) is 2.45. The second kappa shape index (κ2) is 6.08. The zero-order valence-electron chi connectivity index (χ0n) is 9.22. The van der Waals surface area contributed by atoms with Crippen LogP contribution in [0.1, 0.15) is 30.0 Å². The van der Waals surface area contributed by atoms with Gasteiger partial charge in [0.2, 0.25) is 0 Å². The van der Waals surface area contributed by atoms with Crippen LogP contribution in [0.3, 0.4) is 0 Å². The summed E-state index contributed by atoms with van der Waals surface area (Å²) in [6, 6.07) is 4.63. The van der Waals surface area contributed by atoms with E-state index in [4.69, 9.17) is 0 Å². The molecule has 86 valence electrons. The van der Waals surface area contributed by atoms with Crippen LogP contribution in [0.5, 0.6) is 0 Å². The van der Waals surface area contributed by atoms with Gasteiger partial charge in [-0.15, -0.1) is 11.3 Å². The van der Waals surface area contributed by atoms with Crippen LogP contribution in [0, 0.1) is 0 Å². The Balaban J connectivity index is 1.93. The van der Waals surface area contributed by atoms with Crippen LogP contribution in [-0.2, 0) is 6.42 Å². The lowest BCUT2D eigenvalue weighted by molar-refractivity contribution is 0.508. The van der Waals surface area contributed by atoms with Gasteiger partial charge in [-0.3, -0.25) is 0 Å². The topological polar surface area (TPSA) is 37.8 Å². The van der Waals surface area contributed by atoms with Crippen LogP contribution < -0.4 is 5.32 Å². The van der Waals surface area contributed by atoms with Crippen molar-refractivity contribution in [2.45, 2.75) is 25.8 Å². The van der Waals surface area contributed by atoms with Crippen LogP contribution in [0.25, 0.3) is 0 Å². The van der Waals surface area contributed by atoms with E-state index in [-0.39, 0.29) is 0 Å². The van der Waals surface area contributed by atoms with Gasteiger partial charge in [-0.2, -0.15) is 8.75 Å². The number of hydrogen-bond donors (Lipinski definition) is 1. The molecule has 1 N–H and O–H groups in total. The monoisotopic (exact) mass is 253 g/mol. The summed E-state index contributed by atoms with van der Waals surface area (Å²) in [4.78, 5) is 1.44. The molecule has 16 heavy (non-hydrogen) atoms. The molecular weight excluding hydrogens is 238 g/mol. The minimum Gasteiger partial charge on any atom is -0.309 e. The maximum absolute atomic E-state index is 4.31. The number of nitrogens with one attached hydrogen (secondary N) is 1. The van der Waals surface area contributed by atoms with E-state index in [0.717, 1.165) is 25.1 Å². The van der Waals surface area contributed by atoms with E-state index in [2.05, 4.69) is 38.5 Å². The summed E-state index contributed by atoms with van der Waals surface area (Å²) < 4.78 is 8.37. The Labute approximate surface area is 104 Å². The first-order valence-corrected chi connectivity index (χ1v) is 7.04. The summed E-state index contributed by atoms with van der Waals surface area (Å²) in [5.74, 6) is 0. The molecule has 0 bridgehead atoms. The van der Waals surface area contributed by atoms with Gasteiger partial charge < -0.3 is 5.32 Å². The average Bonchev–Trinajstić information content (AvgIpc) is 2.96. The first-order chi connectivity index (χ1) is 7.90. The highest BCUT2D eigenvalue weighted by Gasteiger charge is 2.13. The molecule has 0 amide bonds. The van der Waals surface area contributed by atoms with E-state index in [1.807, 2.05) is 17.5 Å². The minimum atomic E-state index is 0.339. The van der Waals surface area contributed by atoms with Gasteiger partial charge in [0.1, 0.15) is 0 Å². The number of aryl methyl sites for hydroxylation is 1. The molecule has 0 saturated heterocycles. The highest BCUT2D eigenvalue weighted by molar-refractivity contribution is 7.09. The van der Waals surface area contributed by atoms with Gasteiger partial charge in [-0.05, 0) is 30.8 Å². The lowest BCUT2D eigenvalue weighted by Gasteiger charge is -2.14. The Bertz CT molecular complexity index is 383. The molecule has 2 rings (SSSR count). The molecule has 0 aliphatic rings. The molecule has 0 aromatic carbocycles. The number of nitrogens with zero attached hydrogens (tertiary/aromatic N) is 2. The number of rotatable bonds is 6. The van der Waals surface area contributed by atoms with E-state index in [9.17, 15) is 0 Å². The van der Waals surface area contributed by atoms with E-state index in [1.165, 1.54) is 16.6 Å². The van der Waals surface area contributed by atoms with Crippen molar-refractivity contribution >= 4 is 23.1 Å². The molecule has 2 aromatic heterocycles. The van der Waals surface area contributed by atoms with Gasteiger partial charge in [-0.1, -0.05) is 13.0 Å². The predicted molar refractivity (Wildman–Crippen MR) is 69.0 cm³/mol. The van der Waals surface area contributed by atoms with Crippen molar-refractivity contribution < 1.29 is 0 Å². The molecule has 0 radical (unpaired) electrons. The Morgan fingerprint density at radius 3 is 3.06 bits per heavy atom. The lowest BCUT2D eigenvalue weighted by atomic mass is 10.1. The maximum Gasteiger partial charge on any atom is 0.0912 e. The maximum atomic E-state index is 4.31. The fraction of sp³-hybridized carbons (Fsp3) is 0.455. The molecule has 0 aliphatic carbocycles. The van der Waals surface area contributed by atoms with Crippen LogP contribution >= 0.6 is 23.1 Å². The third kappa shape index (κ3) is 3.10. The van der Waals surface area contributed by atoms with E-state index >= 15 is 0 Å². The summed E-state index contributed by atoms with van der Waals surface area (Å²) in [5.41, 5.74) is 1.07. The Morgan fingerprint density at radius 1 is 1.50 bits per heavy atom. The van der Waals surface area contributed by atoms with E-state index in [1.54, 1.807) is 0 Å². The fourth-order valence-corrected chi connectivity index (χ4v) is 2.86. The van der Waals surface area contributed by atoms with E-state index in [0.29, 0.717) is 6.04 Å². The smallest absolute Gasteiger partial charge is 0.0912 e. The summed E-state index contributed by atoms with van der Waals surface area (Å²) in [5, 5.41) is 5.58. The fourth-order valence-electron chi connectivity index (χ4n) is 1.67. The molecule has 2 heterocycles. The normalized spacial score (nSPS) is 12.8. The van der Waals surface area contributed by atoms with Crippen LogP contribution in [0.15, 0.2) is 23.7 Å². The summed E-state index contributed by atoms with van der Waals surface area (Å²) in [6.45, 7) is 3.09. The summed E-state index contributed by atoms with van der Waals surface area (Å²) in [6.07, 6.45) is 4.05. The standard InChI is InChI=1S/C11H15N3S2/c1-2-12-10(11-8-13-16-14-11)6-5-9-4-3-7-15-9/h3-4,7-8,10,12H,2,5-6H2,1H3. The van der Waals surface area contributed by atoms with Gasteiger partial charge in [-0.25, -0.2) is 0 Å². The first kappa shape index (κ1) is 11.7. The van der Waals surface area contributed by atoms with Gasteiger partial charge in [0.15, 0.2) is 0 Å². The Morgan fingerprint density at radius 2 is 2.44 bits per heavy atom. The van der Waals surface area contributed by atoms with Crippen molar-refractivity contribution in [2.75, 3.05) is 6.54 Å². The van der Waals surface area contributed by atoms with Crippen LogP contribution in [0.4, 0.5) is 0 Å². The molecule has 1 atom stereocenters. The molecular formula is C11H15N3S2. The van der Waals surface area contributed by atoms with Crippen molar-refractivity contribution in [3.63, 3.8) is 0 Å². The van der Waals surface area contributed by atoms with Crippen LogP contribution in [-0.4, -0.2) is 15.3 Å². The zero-order chi connectivity index (χ0) is 11.2. The van der Waals surface area contributed by atoms with Crippen molar-refractivity contribution in [1.82, 2.24) is 14.1 Å². The molecule has 0 aliphatic heterocycles. The highest BCUT2D eigenvalue weighted by Crippen LogP contribution is 2.19. The molecule has 0 saturated carbocycles. The van der Waals surface area contributed by atoms with Gasteiger partial charge >= 0.3 is 0 Å². The lowest BCUT2D eigenvalue weighted by Crippen LogP contribution is -2.21. The number of thiophene rings is 1. The van der Waals surface area contributed by atoms with E-state index < -0.39 is 0 Å². The summed E-state index contributed by atoms with van der Waals surface area (Å²) >= 11 is 3.10. The SMILES string of the molecule is CCNC(CCc1cccs1)c1cnsn1. The largest absolute Gasteiger partial charge is 0.309 e. The predicted octanol–water partition coefficient (Wildman–Crippen LogP) is 2.88.